The maximum atomic E-state index is 11.9. The highest BCUT2D eigenvalue weighted by molar-refractivity contribution is 5.75. The molecular weight excluding hydrogens is 302 g/mol. The Morgan fingerprint density at radius 1 is 1.12 bits per heavy atom. The SMILES string of the molecule is COc1ccc(C(O)CNC(=O)CCCc2ccc(C)cc2)cc1. The molecule has 0 saturated carbocycles. The van der Waals surface area contributed by atoms with E-state index in [1.165, 1.54) is 11.1 Å². The molecule has 2 rings (SSSR count). The van der Waals surface area contributed by atoms with Crippen LogP contribution in [0.25, 0.3) is 0 Å². The number of carbonyl (C=O) groups is 1. The topological polar surface area (TPSA) is 58.6 Å². The van der Waals surface area contributed by atoms with Gasteiger partial charge in [0.1, 0.15) is 5.75 Å². The van der Waals surface area contributed by atoms with Crippen molar-refractivity contribution in [2.24, 2.45) is 0 Å². The Labute approximate surface area is 143 Å². The molecule has 0 aliphatic carbocycles. The van der Waals surface area contributed by atoms with Crippen LogP contribution in [0.5, 0.6) is 5.75 Å². The first-order chi connectivity index (χ1) is 11.6. The second kappa shape index (κ2) is 9.08. The summed E-state index contributed by atoms with van der Waals surface area (Å²) < 4.78 is 5.08. The second-order valence-corrected chi connectivity index (χ2v) is 5.93. The van der Waals surface area contributed by atoms with Crippen molar-refractivity contribution in [2.75, 3.05) is 13.7 Å². The number of aliphatic hydroxyl groups excluding tert-OH is 1. The molecule has 0 fully saturated rings. The smallest absolute Gasteiger partial charge is 0.220 e. The lowest BCUT2D eigenvalue weighted by Crippen LogP contribution is -2.28. The minimum Gasteiger partial charge on any atom is -0.497 e. The molecule has 0 saturated heterocycles. The molecule has 24 heavy (non-hydrogen) atoms. The molecule has 2 N–H and O–H groups in total. The Morgan fingerprint density at radius 3 is 2.42 bits per heavy atom. The molecule has 4 nitrogen and oxygen atoms in total. The number of carbonyl (C=O) groups excluding carboxylic acids is 1. The number of ether oxygens (including phenoxy) is 1. The highest BCUT2D eigenvalue weighted by atomic mass is 16.5. The number of amides is 1. The van der Waals surface area contributed by atoms with E-state index < -0.39 is 6.10 Å². The van der Waals surface area contributed by atoms with Gasteiger partial charge in [-0.05, 0) is 43.0 Å². The van der Waals surface area contributed by atoms with Crippen molar-refractivity contribution in [1.29, 1.82) is 0 Å². The van der Waals surface area contributed by atoms with E-state index in [4.69, 9.17) is 4.74 Å². The van der Waals surface area contributed by atoms with Crippen molar-refractivity contribution in [2.45, 2.75) is 32.3 Å². The third kappa shape index (κ3) is 5.70. The van der Waals surface area contributed by atoms with Crippen LogP contribution in [-0.4, -0.2) is 24.7 Å². The van der Waals surface area contributed by atoms with Gasteiger partial charge in [0.25, 0.3) is 0 Å². The van der Waals surface area contributed by atoms with Crippen LogP contribution in [0.2, 0.25) is 0 Å². The highest BCUT2D eigenvalue weighted by Gasteiger charge is 2.09. The first-order valence-corrected chi connectivity index (χ1v) is 8.23. The van der Waals surface area contributed by atoms with Crippen molar-refractivity contribution in [3.63, 3.8) is 0 Å². The van der Waals surface area contributed by atoms with Gasteiger partial charge in [-0.2, -0.15) is 0 Å². The van der Waals surface area contributed by atoms with Gasteiger partial charge >= 0.3 is 0 Å². The van der Waals surface area contributed by atoms with Crippen molar-refractivity contribution < 1.29 is 14.6 Å². The van der Waals surface area contributed by atoms with Gasteiger partial charge in [-0.25, -0.2) is 0 Å². The average Bonchev–Trinajstić information content (AvgIpc) is 2.61. The van der Waals surface area contributed by atoms with E-state index in [1.54, 1.807) is 31.4 Å². The van der Waals surface area contributed by atoms with E-state index >= 15 is 0 Å². The fourth-order valence-corrected chi connectivity index (χ4v) is 2.45. The van der Waals surface area contributed by atoms with Gasteiger partial charge in [0.2, 0.25) is 5.91 Å². The maximum absolute atomic E-state index is 11.9. The summed E-state index contributed by atoms with van der Waals surface area (Å²) in [5, 5.41) is 12.9. The maximum Gasteiger partial charge on any atom is 0.220 e. The molecule has 128 valence electrons. The summed E-state index contributed by atoms with van der Waals surface area (Å²) in [6.07, 6.45) is 1.43. The van der Waals surface area contributed by atoms with Crippen molar-refractivity contribution in [3.8, 4) is 5.75 Å². The Kier molecular flexibility index (Phi) is 6.82. The summed E-state index contributed by atoms with van der Waals surface area (Å²) in [6, 6.07) is 15.5. The molecule has 1 amide bonds. The van der Waals surface area contributed by atoms with Crippen LogP contribution in [-0.2, 0) is 11.2 Å². The van der Waals surface area contributed by atoms with Crippen LogP contribution in [0.15, 0.2) is 48.5 Å². The molecule has 0 spiro atoms. The molecule has 0 aliphatic heterocycles. The number of nitrogens with one attached hydrogen (secondary N) is 1. The minimum absolute atomic E-state index is 0.0327. The average molecular weight is 327 g/mol. The fourth-order valence-electron chi connectivity index (χ4n) is 2.45. The number of hydrogen-bond acceptors (Lipinski definition) is 3. The van der Waals surface area contributed by atoms with Gasteiger partial charge in [0, 0.05) is 13.0 Å². The monoisotopic (exact) mass is 327 g/mol. The number of methoxy groups -OCH3 is 1. The summed E-state index contributed by atoms with van der Waals surface area (Å²) in [6.45, 7) is 2.28. The molecule has 4 heteroatoms. The van der Waals surface area contributed by atoms with E-state index in [-0.39, 0.29) is 12.5 Å². The zero-order valence-corrected chi connectivity index (χ0v) is 14.3. The Bertz CT molecular complexity index is 635. The Balaban J connectivity index is 1.69. The molecular formula is C20H25NO3. The predicted molar refractivity (Wildman–Crippen MR) is 95.1 cm³/mol. The molecule has 0 aliphatic rings. The third-order valence-electron chi connectivity index (χ3n) is 3.98. The van der Waals surface area contributed by atoms with Crippen LogP contribution in [0.4, 0.5) is 0 Å². The number of aryl methyl sites for hydroxylation is 2. The lowest BCUT2D eigenvalue weighted by molar-refractivity contribution is -0.121. The largest absolute Gasteiger partial charge is 0.497 e. The van der Waals surface area contributed by atoms with Gasteiger partial charge in [-0.3, -0.25) is 4.79 Å². The van der Waals surface area contributed by atoms with E-state index in [0.717, 1.165) is 24.2 Å². The highest BCUT2D eigenvalue weighted by Crippen LogP contribution is 2.17. The van der Waals surface area contributed by atoms with E-state index in [1.807, 2.05) is 0 Å². The molecule has 1 unspecified atom stereocenters. The fraction of sp³-hybridized carbons (Fsp3) is 0.350. The third-order valence-corrected chi connectivity index (χ3v) is 3.98. The Hall–Kier alpha value is -2.33. The van der Waals surface area contributed by atoms with Gasteiger partial charge in [0.05, 0.1) is 13.2 Å². The molecule has 2 aromatic rings. The van der Waals surface area contributed by atoms with Gasteiger partial charge in [-0.1, -0.05) is 42.0 Å². The molecule has 0 aromatic heterocycles. The van der Waals surface area contributed by atoms with Crippen LogP contribution in [0.3, 0.4) is 0 Å². The molecule has 0 bridgehead atoms. The van der Waals surface area contributed by atoms with Crippen LogP contribution >= 0.6 is 0 Å². The summed E-state index contributed by atoms with van der Waals surface area (Å²) in [4.78, 5) is 11.9. The molecule has 2 aromatic carbocycles. The van der Waals surface area contributed by atoms with Gasteiger partial charge in [-0.15, -0.1) is 0 Å². The first-order valence-electron chi connectivity index (χ1n) is 8.23. The van der Waals surface area contributed by atoms with Crippen LogP contribution < -0.4 is 10.1 Å². The van der Waals surface area contributed by atoms with Crippen molar-refractivity contribution >= 4 is 5.91 Å². The van der Waals surface area contributed by atoms with Crippen molar-refractivity contribution in [3.05, 3.63) is 65.2 Å². The lowest BCUT2D eigenvalue weighted by atomic mass is 10.1. The predicted octanol–water partition coefficient (Wildman–Crippen LogP) is 3.18. The molecule has 0 heterocycles. The summed E-state index contributed by atoms with van der Waals surface area (Å²) in [5.74, 6) is 0.709. The standard InChI is InChI=1S/C20H25NO3/c1-15-6-8-16(9-7-15)4-3-5-20(23)21-14-19(22)17-10-12-18(24-2)13-11-17/h6-13,19,22H,3-5,14H2,1-2H3,(H,21,23). The van der Waals surface area contributed by atoms with Crippen LogP contribution in [0, 0.1) is 6.92 Å². The second-order valence-electron chi connectivity index (χ2n) is 5.93. The number of aliphatic hydroxyl groups is 1. The van der Waals surface area contributed by atoms with E-state index in [9.17, 15) is 9.90 Å². The molecule has 1 atom stereocenters. The quantitative estimate of drug-likeness (QED) is 0.783. The number of rotatable bonds is 8. The normalized spacial score (nSPS) is 11.8. The van der Waals surface area contributed by atoms with E-state index in [0.29, 0.717) is 6.42 Å². The van der Waals surface area contributed by atoms with E-state index in [2.05, 4.69) is 36.5 Å². The zero-order valence-electron chi connectivity index (χ0n) is 14.3. The van der Waals surface area contributed by atoms with Crippen LogP contribution in [0.1, 0.15) is 35.6 Å². The number of benzene rings is 2. The zero-order chi connectivity index (χ0) is 17.4. The first kappa shape index (κ1) is 18.0. The summed E-state index contributed by atoms with van der Waals surface area (Å²) >= 11 is 0. The number of hydrogen-bond donors (Lipinski definition) is 2. The van der Waals surface area contributed by atoms with Crippen molar-refractivity contribution in [1.82, 2.24) is 5.32 Å². The minimum atomic E-state index is -0.711. The molecule has 0 radical (unpaired) electrons. The van der Waals surface area contributed by atoms with Gasteiger partial charge < -0.3 is 15.2 Å². The summed E-state index contributed by atoms with van der Waals surface area (Å²) in [5.41, 5.74) is 3.24. The van der Waals surface area contributed by atoms with Gasteiger partial charge in [0.15, 0.2) is 0 Å². The lowest BCUT2D eigenvalue weighted by Gasteiger charge is -2.13. The summed E-state index contributed by atoms with van der Waals surface area (Å²) in [7, 11) is 1.60. The Morgan fingerprint density at radius 2 is 1.79 bits per heavy atom.